The van der Waals surface area contributed by atoms with Gasteiger partial charge in [0.1, 0.15) is 5.01 Å². The first kappa shape index (κ1) is 13.7. The van der Waals surface area contributed by atoms with Gasteiger partial charge in [-0.05, 0) is 11.8 Å². The van der Waals surface area contributed by atoms with Gasteiger partial charge in [-0.2, -0.15) is 0 Å². The van der Waals surface area contributed by atoms with Crippen molar-refractivity contribution in [3.63, 3.8) is 0 Å². The molecule has 102 valence electrons. The Balaban J connectivity index is 1.77. The van der Waals surface area contributed by atoms with Gasteiger partial charge in [-0.3, -0.25) is 0 Å². The van der Waals surface area contributed by atoms with E-state index < -0.39 is 0 Å². The Kier molecular flexibility index (Phi) is 4.14. The molecule has 0 spiro atoms. The largest absolute Gasteiger partial charge is 0.229 e. The summed E-state index contributed by atoms with van der Waals surface area (Å²) in [5.41, 5.74) is 2.17. The van der Waals surface area contributed by atoms with Crippen molar-refractivity contribution in [3.8, 4) is 11.3 Å². The molecular weight excluding hydrogens is 306 g/mol. The van der Waals surface area contributed by atoms with E-state index in [1.165, 1.54) is 0 Å². The average molecular weight is 319 g/mol. The third kappa shape index (κ3) is 3.08. The lowest BCUT2D eigenvalue weighted by atomic mass is 10.2. The maximum absolute atomic E-state index is 4.65. The average Bonchev–Trinajstić information content (AvgIpc) is 3.10. The van der Waals surface area contributed by atoms with E-state index in [1.54, 1.807) is 34.4 Å². The Labute approximate surface area is 130 Å². The lowest BCUT2D eigenvalue weighted by Gasteiger charge is -1.94. The zero-order chi connectivity index (χ0) is 13.9. The number of hydrogen-bond donors (Lipinski definition) is 0. The molecule has 0 amide bonds. The summed E-state index contributed by atoms with van der Waals surface area (Å²) in [5.74, 6) is 0.429. The topological polar surface area (TPSA) is 38.7 Å². The lowest BCUT2D eigenvalue weighted by molar-refractivity contribution is 0.817. The molecule has 0 aliphatic rings. The minimum atomic E-state index is 0.429. The zero-order valence-electron chi connectivity index (χ0n) is 11.1. The van der Waals surface area contributed by atoms with Crippen LogP contribution in [0, 0.1) is 0 Å². The van der Waals surface area contributed by atoms with Gasteiger partial charge in [0.25, 0.3) is 0 Å². The predicted molar refractivity (Wildman–Crippen MR) is 85.7 cm³/mol. The van der Waals surface area contributed by atoms with Crippen molar-refractivity contribution >= 4 is 34.4 Å². The van der Waals surface area contributed by atoms with E-state index in [9.17, 15) is 0 Å². The molecule has 20 heavy (non-hydrogen) atoms. The molecule has 2 aromatic heterocycles. The van der Waals surface area contributed by atoms with E-state index in [2.05, 4.69) is 46.5 Å². The van der Waals surface area contributed by atoms with Gasteiger partial charge in [-0.15, -0.1) is 21.5 Å². The van der Waals surface area contributed by atoms with Crippen molar-refractivity contribution < 1.29 is 0 Å². The molecule has 0 aliphatic carbocycles. The molecule has 0 fully saturated rings. The maximum atomic E-state index is 4.65. The van der Waals surface area contributed by atoms with E-state index in [1.807, 2.05) is 18.2 Å². The molecule has 3 rings (SSSR count). The summed E-state index contributed by atoms with van der Waals surface area (Å²) in [4.78, 5) is 4.65. The van der Waals surface area contributed by atoms with E-state index in [0.717, 1.165) is 24.9 Å². The molecule has 1 aromatic carbocycles. The second-order valence-corrected chi connectivity index (χ2v) is 7.89. The fourth-order valence-electron chi connectivity index (χ4n) is 1.62. The first-order valence-corrected chi connectivity index (χ1v) is 8.76. The van der Waals surface area contributed by atoms with Crippen molar-refractivity contribution in [2.24, 2.45) is 0 Å². The molecule has 2 heterocycles. The van der Waals surface area contributed by atoms with E-state index in [0.29, 0.717) is 5.92 Å². The highest BCUT2D eigenvalue weighted by Crippen LogP contribution is 2.35. The van der Waals surface area contributed by atoms with Crippen molar-refractivity contribution in [1.82, 2.24) is 15.2 Å². The van der Waals surface area contributed by atoms with Crippen molar-refractivity contribution in [3.05, 3.63) is 40.7 Å². The molecule has 0 saturated heterocycles. The van der Waals surface area contributed by atoms with Gasteiger partial charge in [0.2, 0.25) is 0 Å². The quantitative estimate of drug-likeness (QED) is 0.683. The Morgan fingerprint density at radius 2 is 1.85 bits per heavy atom. The number of rotatable bonds is 4. The number of aromatic nitrogens is 3. The summed E-state index contributed by atoms with van der Waals surface area (Å²) < 4.78 is 1.97. The molecule has 3 aromatic rings. The van der Waals surface area contributed by atoms with Crippen LogP contribution in [0.4, 0.5) is 0 Å². The second kappa shape index (κ2) is 6.03. The molecule has 0 unspecified atom stereocenters. The minimum absolute atomic E-state index is 0.429. The SMILES string of the molecule is CC(C)c1nnc(Sc2nc(-c3ccccc3)cs2)s1. The Morgan fingerprint density at radius 1 is 1.05 bits per heavy atom. The summed E-state index contributed by atoms with van der Waals surface area (Å²) >= 11 is 4.89. The van der Waals surface area contributed by atoms with E-state index in [-0.39, 0.29) is 0 Å². The number of nitrogens with zero attached hydrogens (tertiary/aromatic N) is 3. The van der Waals surface area contributed by atoms with Gasteiger partial charge in [0.15, 0.2) is 8.68 Å². The van der Waals surface area contributed by atoms with Gasteiger partial charge in [-0.1, -0.05) is 55.5 Å². The highest BCUT2D eigenvalue weighted by molar-refractivity contribution is 8.02. The van der Waals surface area contributed by atoms with Crippen LogP contribution < -0.4 is 0 Å². The molecule has 0 saturated carbocycles. The molecule has 0 N–H and O–H groups in total. The summed E-state index contributed by atoms with van der Waals surface area (Å²) in [6.45, 7) is 4.26. The molecule has 0 atom stereocenters. The van der Waals surface area contributed by atoms with Gasteiger partial charge >= 0.3 is 0 Å². The number of benzene rings is 1. The minimum Gasteiger partial charge on any atom is -0.229 e. The smallest absolute Gasteiger partial charge is 0.181 e. The first-order chi connectivity index (χ1) is 9.72. The van der Waals surface area contributed by atoms with Gasteiger partial charge in [0.05, 0.1) is 5.69 Å². The van der Waals surface area contributed by atoms with E-state index in [4.69, 9.17) is 0 Å². The fourth-order valence-corrected chi connectivity index (χ4v) is 4.51. The van der Waals surface area contributed by atoms with Crippen LogP contribution in [0.3, 0.4) is 0 Å². The van der Waals surface area contributed by atoms with Crippen LogP contribution in [-0.2, 0) is 0 Å². The Bertz CT molecular complexity index is 689. The molecule has 3 nitrogen and oxygen atoms in total. The molecule has 6 heteroatoms. The van der Waals surface area contributed by atoms with Crippen LogP contribution in [0.15, 0.2) is 44.4 Å². The van der Waals surface area contributed by atoms with Crippen molar-refractivity contribution in [2.75, 3.05) is 0 Å². The van der Waals surface area contributed by atoms with Crippen LogP contribution in [-0.4, -0.2) is 15.2 Å². The van der Waals surface area contributed by atoms with Crippen molar-refractivity contribution in [2.45, 2.75) is 28.4 Å². The maximum Gasteiger partial charge on any atom is 0.181 e. The van der Waals surface area contributed by atoms with Gasteiger partial charge in [0, 0.05) is 16.9 Å². The van der Waals surface area contributed by atoms with Crippen LogP contribution in [0.25, 0.3) is 11.3 Å². The third-order valence-electron chi connectivity index (χ3n) is 2.64. The standard InChI is InChI=1S/C14H13N3S3/c1-9(2)12-16-17-14(19-12)20-13-15-11(8-18-13)10-6-4-3-5-7-10/h3-9H,1-2H3. The van der Waals surface area contributed by atoms with Gasteiger partial charge in [-0.25, -0.2) is 4.98 Å². The third-order valence-corrected chi connectivity index (χ3v) is 5.86. The van der Waals surface area contributed by atoms with Crippen LogP contribution in [0.5, 0.6) is 0 Å². The fraction of sp³-hybridized carbons (Fsp3) is 0.214. The zero-order valence-corrected chi connectivity index (χ0v) is 13.6. The first-order valence-electron chi connectivity index (χ1n) is 6.24. The summed E-state index contributed by atoms with van der Waals surface area (Å²) in [5, 5.41) is 11.6. The molecule has 0 bridgehead atoms. The monoisotopic (exact) mass is 319 g/mol. The highest BCUT2D eigenvalue weighted by atomic mass is 32.2. The van der Waals surface area contributed by atoms with Crippen LogP contribution >= 0.6 is 34.4 Å². The second-order valence-electron chi connectivity index (χ2n) is 4.53. The van der Waals surface area contributed by atoms with Gasteiger partial charge < -0.3 is 0 Å². The van der Waals surface area contributed by atoms with Crippen LogP contribution in [0.1, 0.15) is 24.8 Å². The summed E-state index contributed by atoms with van der Waals surface area (Å²) in [6.07, 6.45) is 0. The highest BCUT2D eigenvalue weighted by Gasteiger charge is 2.11. The number of thiazole rings is 1. The molecular formula is C14H13N3S3. The number of hydrogen-bond acceptors (Lipinski definition) is 6. The van der Waals surface area contributed by atoms with E-state index >= 15 is 0 Å². The molecule has 0 radical (unpaired) electrons. The predicted octanol–water partition coefficient (Wildman–Crippen LogP) is 4.94. The normalized spacial score (nSPS) is 11.2. The van der Waals surface area contributed by atoms with Crippen molar-refractivity contribution in [1.29, 1.82) is 0 Å². The molecule has 0 aliphatic heterocycles. The Hall–Kier alpha value is -1.24. The van der Waals surface area contributed by atoms with Crippen LogP contribution in [0.2, 0.25) is 0 Å². The Morgan fingerprint density at radius 3 is 2.55 bits per heavy atom. The lowest BCUT2D eigenvalue weighted by Crippen LogP contribution is -1.83. The summed E-state index contributed by atoms with van der Waals surface area (Å²) in [6, 6.07) is 10.2. The summed E-state index contributed by atoms with van der Waals surface area (Å²) in [7, 11) is 0.